The van der Waals surface area contributed by atoms with Gasteiger partial charge < -0.3 is 10.4 Å². The van der Waals surface area contributed by atoms with Crippen molar-refractivity contribution in [2.24, 2.45) is 0 Å². The predicted octanol–water partition coefficient (Wildman–Crippen LogP) is 1.42. The molecule has 1 aromatic rings. The third-order valence-electron chi connectivity index (χ3n) is 2.29. The number of aliphatic hydroxyl groups excluding tert-OH is 1. The predicted molar refractivity (Wildman–Crippen MR) is 59.2 cm³/mol. The van der Waals surface area contributed by atoms with Gasteiger partial charge in [-0.3, -0.25) is 0 Å². The molecule has 2 N–H and O–H groups in total. The SMILES string of the molecule is CC(C)(CO)NCc1ccccc1C#N. The Hall–Kier alpha value is -1.37. The van der Waals surface area contributed by atoms with Gasteiger partial charge in [0.25, 0.3) is 0 Å². The number of hydrogen-bond acceptors (Lipinski definition) is 3. The van der Waals surface area contributed by atoms with Gasteiger partial charge in [0.2, 0.25) is 0 Å². The van der Waals surface area contributed by atoms with Gasteiger partial charge in [-0.25, -0.2) is 0 Å². The Morgan fingerprint density at radius 2 is 2.07 bits per heavy atom. The van der Waals surface area contributed by atoms with Crippen LogP contribution < -0.4 is 5.32 Å². The molecule has 0 aliphatic heterocycles. The summed E-state index contributed by atoms with van der Waals surface area (Å²) in [5.74, 6) is 0. The van der Waals surface area contributed by atoms with Gasteiger partial charge in [0.05, 0.1) is 18.2 Å². The fourth-order valence-electron chi connectivity index (χ4n) is 1.17. The topological polar surface area (TPSA) is 56.0 Å². The lowest BCUT2D eigenvalue weighted by molar-refractivity contribution is 0.187. The molecule has 0 fully saturated rings. The molecular formula is C12H16N2O. The molecule has 0 saturated carbocycles. The number of nitrogens with one attached hydrogen (secondary N) is 1. The van der Waals surface area contributed by atoms with Crippen LogP contribution in [0.1, 0.15) is 25.0 Å². The van der Waals surface area contributed by atoms with Crippen LogP contribution in [0, 0.1) is 11.3 Å². The van der Waals surface area contributed by atoms with E-state index in [9.17, 15) is 0 Å². The standard InChI is InChI=1S/C12H16N2O/c1-12(2,9-15)14-8-11-6-4-3-5-10(11)7-13/h3-6,14-15H,8-9H2,1-2H3. The van der Waals surface area contributed by atoms with E-state index in [1.165, 1.54) is 0 Å². The van der Waals surface area contributed by atoms with Crippen LogP contribution in [0.25, 0.3) is 0 Å². The molecule has 0 aliphatic carbocycles. The first-order chi connectivity index (χ1) is 7.09. The minimum Gasteiger partial charge on any atom is -0.394 e. The molecular weight excluding hydrogens is 188 g/mol. The van der Waals surface area contributed by atoms with E-state index in [-0.39, 0.29) is 12.1 Å². The van der Waals surface area contributed by atoms with Gasteiger partial charge in [-0.05, 0) is 25.5 Å². The van der Waals surface area contributed by atoms with Crippen molar-refractivity contribution in [2.75, 3.05) is 6.61 Å². The lowest BCUT2D eigenvalue weighted by Gasteiger charge is -2.23. The first-order valence-electron chi connectivity index (χ1n) is 4.93. The third-order valence-corrected chi connectivity index (χ3v) is 2.29. The van der Waals surface area contributed by atoms with Gasteiger partial charge in [0.15, 0.2) is 0 Å². The summed E-state index contributed by atoms with van der Waals surface area (Å²) < 4.78 is 0. The van der Waals surface area contributed by atoms with Crippen molar-refractivity contribution in [3.8, 4) is 6.07 Å². The lowest BCUT2D eigenvalue weighted by atomic mass is 10.0. The molecule has 0 heterocycles. The Morgan fingerprint density at radius 3 is 2.67 bits per heavy atom. The van der Waals surface area contributed by atoms with Crippen LogP contribution in [-0.4, -0.2) is 17.3 Å². The Morgan fingerprint density at radius 1 is 1.40 bits per heavy atom. The summed E-state index contributed by atoms with van der Waals surface area (Å²) in [4.78, 5) is 0. The Labute approximate surface area is 90.4 Å². The molecule has 0 saturated heterocycles. The van der Waals surface area contributed by atoms with E-state index in [0.29, 0.717) is 12.1 Å². The molecule has 0 atom stereocenters. The lowest BCUT2D eigenvalue weighted by Crippen LogP contribution is -2.42. The third kappa shape index (κ3) is 3.35. The number of benzene rings is 1. The van der Waals surface area contributed by atoms with Crippen molar-refractivity contribution in [1.82, 2.24) is 5.32 Å². The summed E-state index contributed by atoms with van der Waals surface area (Å²) in [5.41, 5.74) is 1.32. The molecule has 1 rings (SSSR count). The molecule has 0 bridgehead atoms. The highest BCUT2D eigenvalue weighted by Gasteiger charge is 2.15. The maximum absolute atomic E-state index is 9.07. The van der Waals surface area contributed by atoms with E-state index < -0.39 is 0 Å². The maximum atomic E-state index is 9.07. The summed E-state index contributed by atoms with van der Waals surface area (Å²) in [6.07, 6.45) is 0. The number of aliphatic hydroxyl groups is 1. The highest BCUT2D eigenvalue weighted by Crippen LogP contribution is 2.09. The normalized spacial score (nSPS) is 11.1. The van der Waals surface area contributed by atoms with Crippen molar-refractivity contribution < 1.29 is 5.11 Å². The number of rotatable bonds is 4. The Kier molecular flexibility index (Phi) is 3.84. The molecule has 0 spiro atoms. The monoisotopic (exact) mass is 204 g/mol. The smallest absolute Gasteiger partial charge is 0.0995 e. The molecule has 0 unspecified atom stereocenters. The van der Waals surface area contributed by atoms with Crippen molar-refractivity contribution in [3.63, 3.8) is 0 Å². The van der Waals surface area contributed by atoms with Crippen molar-refractivity contribution in [1.29, 1.82) is 5.26 Å². The van der Waals surface area contributed by atoms with Gasteiger partial charge in [0, 0.05) is 12.1 Å². The van der Waals surface area contributed by atoms with Gasteiger partial charge in [-0.1, -0.05) is 18.2 Å². The average molecular weight is 204 g/mol. The summed E-state index contributed by atoms with van der Waals surface area (Å²) >= 11 is 0. The molecule has 0 radical (unpaired) electrons. The van der Waals surface area contributed by atoms with Crippen LogP contribution in [0.15, 0.2) is 24.3 Å². The van der Waals surface area contributed by atoms with Crippen LogP contribution in [-0.2, 0) is 6.54 Å². The van der Waals surface area contributed by atoms with Crippen LogP contribution in [0.5, 0.6) is 0 Å². The Bertz CT molecular complexity index is 366. The van der Waals surface area contributed by atoms with Gasteiger partial charge in [-0.2, -0.15) is 5.26 Å². The molecule has 15 heavy (non-hydrogen) atoms. The highest BCUT2D eigenvalue weighted by atomic mass is 16.3. The minimum absolute atomic E-state index is 0.0712. The summed E-state index contributed by atoms with van der Waals surface area (Å²) in [5, 5.41) is 21.1. The van der Waals surface area contributed by atoms with Crippen LogP contribution in [0.3, 0.4) is 0 Å². The zero-order valence-corrected chi connectivity index (χ0v) is 9.12. The van der Waals surface area contributed by atoms with E-state index in [0.717, 1.165) is 5.56 Å². The number of hydrogen-bond donors (Lipinski definition) is 2. The number of nitrogens with zero attached hydrogens (tertiary/aromatic N) is 1. The summed E-state index contributed by atoms with van der Waals surface area (Å²) in [7, 11) is 0. The molecule has 0 amide bonds. The molecule has 0 aromatic heterocycles. The second-order valence-electron chi connectivity index (χ2n) is 4.16. The van der Waals surface area contributed by atoms with E-state index in [4.69, 9.17) is 10.4 Å². The fraction of sp³-hybridized carbons (Fsp3) is 0.417. The number of nitriles is 1. The van der Waals surface area contributed by atoms with Crippen LogP contribution in [0.2, 0.25) is 0 Å². The molecule has 1 aromatic carbocycles. The Balaban J connectivity index is 2.70. The van der Waals surface area contributed by atoms with E-state index in [1.54, 1.807) is 6.07 Å². The zero-order chi connectivity index (χ0) is 11.3. The first-order valence-corrected chi connectivity index (χ1v) is 4.93. The summed E-state index contributed by atoms with van der Waals surface area (Å²) in [6, 6.07) is 9.61. The quantitative estimate of drug-likeness (QED) is 0.779. The van der Waals surface area contributed by atoms with E-state index >= 15 is 0 Å². The van der Waals surface area contributed by atoms with Crippen molar-refractivity contribution in [3.05, 3.63) is 35.4 Å². The van der Waals surface area contributed by atoms with Crippen LogP contribution >= 0.6 is 0 Å². The summed E-state index contributed by atoms with van der Waals surface area (Å²) in [6.45, 7) is 4.50. The zero-order valence-electron chi connectivity index (χ0n) is 9.12. The molecule has 80 valence electrons. The molecule has 3 nitrogen and oxygen atoms in total. The van der Waals surface area contributed by atoms with Gasteiger partial charge in [-0.15, -0.1) is 0 Å². The molecule has 0 aliphatic rings. The van der Waals surface area contributed by atoms with Crippen molar-refractivity contribution >= 4 is 0 Å². The minimum atomic E-state index is -0.317. The van der Waals surface area contributed by atoms with Gasteiger partial charge >= 0.3 is 0 Å². The van der Waals surface area contributed by atoms with E-state index in [1.807, 2.05) is 32.0 Å². The average Bonchev–Trinajstić information content (AvgIpc) is 2.27. The second kappa shape index (κ2) is 4.92. The second-order valence-corrected chi connectivity index (χ2v) is 4.16. The largest absolute Gasteiger partial charge is 0.394 e. The first kappa shape index (κ1) is 11.7. The van der Waals surface area contributed by atoms with Crippen molar-refractivity contribution in [2.45, 2.75) is 25.9 Å². The van der Waals surface area contributed by atoms with Crippen LogP contribution in [0.4, 0.5) is 0 Å². The van der Waals surface area contributed by atoms with Gasteiger partial charge in [0.1, 0.15) is 0 Å². The fourth-order valence-corrected chi connectivity index (χ4v) is 1.17. The highest BCUT2D eigenvalue weighted by molar-refractivity contribution is 5.37. The van der Waals surface area contributed by atoms with E-state index in [2.05, 4.69) is 11.4 Å². The molecule has 3 heteroatoms. The maximum Gasteiger partial charge on any atom is 0.0995 e.